The summed E-state index contributed by atoms with van der Waals surface area (Å²) in [7, 11) is 2.04. The first-order valence-corrected chi connectivity index (χ1v) is 5.98. The highest BCUT2D eigenvalue weighted by molar-refractivity contribution is 6.29. The van der Waals surface area contributed by atoms with Crippen molar-refractivity contribution in [3.05, 3.63) is 29.0 Å². The number of hydrogen-bond acceptors (Lipinski definition) is 4. The quantitative estimate of drug-likeness (QED) is 0.818. The van der Waals surface area contributed by atoms with Gasteiger partial charge in [0.1, 0.15) is 11.0 Å². The summed E-state index contributed by atoms with van der Waals surface area (Å²) >= 11 is 5.76. The number of aromatic nitrogens is 1. The zero-order valence-corrected chi connectivity index (χ0v) is 11.1. The van der Waals surface area contributed by atoms with Gasteiger partial charge in [-0.25, -0.2) is 4.98 Å². The molecule has 0 spiro atoms. The summed E-state index contributed by atoms with van der Waals surface area (Å²) in [5, 5.41) is 3.86. The maximum absolute atomic E-state index is 5.76. The Balaban J connectivity index is 2.07. The molecular weight excluding hydrogens is 236 g/mol. The molecule has 0 fully saturated rings. The summed E-state index contributed by atoms with van der Waals surface area (Å²) < 4.78 is 0. The zero-order chi connectivity index (χ0) is 12.5. The van der Waals surface area contributed by atoms with E-state index in [0.717, 1.165) is 17.9 Å². The highest BCUT2D eigenvalue weighted by atomic mass is 35.5. The molecule has 1 aliphatic rings. The molecule has 0 amide bonds. The Kier molecular flexibility index (Phi) is 3.35. The van der Waals surface area contributed by atoms with Crippen molar-refractivity contribution in [1.82, 2.24) is 15.2 Å². The van der Waals surface area contributed by atoms with Gasteiger partial charge in [-0.15, -0.1) is 0 Å². The third-order valence-corrected chi connectivity index (χ3v) is 3.10. The monoisotopic (exact) mass is 252 g/mol. The van der Waals surface area contributed by atoms with E-state index < -0.39 is 0 Å². The minimum absolute atomic E-state index is 0.0609. The van der Waals surface area contributed by atoms with Crippen LogP contribution in [0, 0.1) is 0 Å². The summed E-state index contributed by atoms with van der Waals surface area (Å²) in [4.78, 5) is 10.7. The summed E-state index contributed by atoms with van der Waals surface area (Å²) in [6, 6.07) is 3.80. The van der Waals surface area contributed by atoms with Gasteiger partial charge in [0.05, 0.1) is 12.2 Å². The van der Waals surface area contributed by atoms with Crippen molar-refractivity contribution >= 4 is 17.4 Å². The molecule has 1 aliphatic heterocycles. The molecule has 92 valence electrons. The maximum atomic E-state index is 5.76. The molecule has 0 unspecified atom stereocenters. The number of rotatable bonds is 2. The second-order valence-electron chi connectivity index (χ2n) is 4.79. The lowest BCUT2D eigenvalue weighted by Crippen LogP contribution is -2.47. The van der Waals surface area contributed by atoms with E-state index in [1.54, 1.807) is 6.20 Å². The SMILES string of the molecule is CN(Cc1ccc(Cl)nc1)C1=NCNC1(C)C. The molecule has 2 heterocycles. The Bertz CT molecular complexity index is 425. The molecule has 0 bridgehead atoms. The van der Waals surface area contributed by atoms with Crippen LogP contribution in [0.1, 0.15) is 19.4 Å². The van der Waals surface area contributed by atoms with Crippen LogP contribution in [-0.2, 0) is 6.54 Å². The average molecular weight is 253 g/mol. The second kappa shape index (κ2) is 4.63. The Labute approximate surface area is 107 Å². The molecule has 4 nitrogen and oxygen atoms in total. The first kappa shape index (κ1) is 12.3. The van der Waals surface area contributed by atoms with Crippen LogP contribution in [0.25, 0.3) is 0 Å². The molecule has 5 heteroatoms. The maximum Gasteiger partial charge on any atom is 0.129 e. The standard InChI is InChI=1S/C12H17ClN4/c1-12(2)11(15-8-16-12)17(3)7-9-4-5-10(13)14-6-9/h4-6,16H,7-8H2,1-3H3. The lowest BCUT2D eigenvalue weighted by atomic mass is 10.0. The Morgan fingerprint density at radius 2 is 2.24 bits per heavy atom. The van der Waals surface area contributed by atoms with E-state index >= 15 is 0 Å². The van der Waals surface area contributed by atoms with Gasteiger partial charge < -0.3 is 4.90 Å². The Morgan fingerprint density at radius 3 is 2.76 bits per heavy atom. The first-order valence-electron chi connectivity index (χ1n) is 5.60. The van der Waals surface area contributed by atoms with Crippen molar-refractivity contribution in [2.75, 3.05) is 13.7 Å². The molecule has 1 aromatic rings. The van der Waals surface area contributed by atoms with E-state index in [2.05, 4.69) is 34.0 Å². The van der Waals surface area contributed by atoms with Crippen molar-refractivity contribution in [1.29, 1.82) is 0 Å². The van der Waals surface area contributed by atoms with Crippen molar-refractivity contribution in [2.24, 2.45) is 4.99 Å². The fourth-order valence-corrected chi connectivity index (χ4v) is 2.15. The number of pyridine rings is 1. The largest absolute Gasteiger partial charge is 0.357 e. The second-order valence-corrected chi connectivity index (χ2v) is 5.17. The number of nitrogens with zero attached hydrogens (tertiary/aromatic N) is 3. The molecule has 0 radical (unpaired) electrons. The van der Waals surface area contributed by atoms with Crippen molar-refractivity contribution in [2.45, 2.75) is 25.9 Å². The first-order chi connectivity index (χ1) is 7.99. The van der Waals surface area contributed by atoms with Crippen molar-refractivity contribution in [3.63, 3.8) is 0 Å². The number of halogens is 1. The van der Waals surface area contributed by atoms with E-state index in [4.69, 9.17) is 11.6 Å². The van der Waals surface area contributed by atoms with Crippen LogP contribution in [0.4, 0.5) is 0 Å². The number of aliphatic imine (C=N–C) groups is 1. The van der Waals surface area contributed by atoms with E-state index in [1.807, 2.05) is 19.2 Å². The van der Waals surface area contributed by atoms with Crippen molar-refractivity contribution in [3.8, 4) is 0 Å². The summed E-state index contributed by atoms with van der Waals surface area (Å²) in [6.07, 6.45) is 1.80. The lowest BCUT2D eigenvalue weighted by Gasteiger charge is -2.29. The van der Waals surface area contributed by atoms with Crippen LogP contribution in [0.2, 0.25) is 5.15 Å². The van der Waals surface area contributed by atoms with Gasteiger partial charge in [0.2, 0.25) is 0 Å². The average Bonchev–Trinajstić information content (AvgIpc) is 2.61. The van der Waals surface area contributed by atoms with Crippen LogP contribution < -0.4 is 5.32 Å². The van der Waals surface area contributed by atoms with Gasteiger partial charge in [-0.1, -0.05) is 17.7 Å². The molecule has 17 heavy (non-hydrogen) atoms. The number of hydrogen-bond donors (Lipinski definition) is 1. The molecular formula is C12H17ClN4. The number of likely N-dealkylation sites (N-methyl/N-ethyl adjacent to an activating group) is 1. The van der Waals surface area contributed by atoms with E-state index in [-0.39, 0.29) is 5.54 Å². The van der Waals surface area contributed by atoms with Crippen LogP contribution in [0.15, 0.2) is 23.3 Å². The third-order valence-electron chi connectivity index (χ3n) is 2.88. The summed E-state index contributed by atoms with van der Waals surface area (Å²) in [6.45, 7) is 5.74. The molecule has 0 saturated carbocycles. The fourth-order valence-electron chi connectivity index (χ4n) is 2.04. The molecule has 0 saturated heterocycles. The van der Waals surface area contributed by atoms with Gasteiger partial charge in [0.15, 0.2) is 0 Å². The Hall–Kier alpha value is -1.13. The van der Waals surface area contributed by atoms with E-state index in [9.17, 15) is 0 Å². The highest BCUT2D eigenvalue weighted by Crippen LogP contribution is 2.16. The number of nitrogens with one attached hydrogen (secondary N) is 1. The molecule has 1 N–H and O–H groups in total. The van der Waals surface area contributed by atoms with Gasteiger partial charge in [0.25, 0.3) is 0 Å². The molecule has 2 rings (SSSR count). The third kappa shape index (κ3) is 2.76. The predicted octanol–water partition coefficient (Wildman–Crippen LogP) is 1.90. The van der Waals surface area contributed by atoms with Gasteiger partial charge in [-0.2, -0.15) is 0 Å². The normalized spacial score (nSPS) is 18.0. The van der Waals surface area contributed by atoms with Gasteiger partial charge in [-0.3, -0.25) is 10.3 Å². The van der Waals surface area contributed by atoms with Crippen LogP contribution in [-0.4, -0.2) is 35.0 Å². The molecule has 1 aromatic heterocycles. The van der Waals surface area contributed by atoms with Crippen LogP contribution in [0.5, 0.6) is 0 Å². The van der Waals surface area contributed by atoms with Gasteiger partial charge in [0, 0.05) is 19.8 Å². The summed E-state index contributed by atoms with van der Waals surface area (Å²) in [5.74, 6) is 1.08. The van der Waals surface area contributed by atoms with E-state index in [1.165, 1.54) is 0 Å². The topological polar surface area (TPSA) is 40.5 Å². The van der Waals surface area contributed by atoms with Gasteiger partial charge in [-0.05, 0) is 25.5 Å². The predicted molar refractivity (Wildman–Crippen MR) is 70.2 cm³/mol. The molecule has 0 aliphatic carbocycles. The lowest BCUT2D eigenvalue weighted by molar-refractivity contribution is 0.440. The Morgan fingerprint density at radius 1 is 1.47 bits per heavy atom. The molecule has 0 atom stereocenters. The highest BCUT2D eigenvalue weighted by Gasteiger charge is 2.31. The smallest absolute Gasteiger partial charge is 0.129 e. The minimum Gasteiger partial charge on any atom is -0.357 e. The number of amidine groups is 1. The van der Waals surface area contributed by atoms with Crippen LogP contribution >= 0.6 is 11.6 Å². The van der Waals surface area contributed by atoms with E-state index in [0.29, 0.717) is 11.8 Å². The molecule has 0 aromatic carbocycles. The van der Waals surface area contributed by atoms with Gasteiger partial charge >= 0.3 is 0 Å². The minimum atomic E-state index is -0.0609. The van der Waals surface area contributed by atoms with Crippen LogP contribution in [0.3, 0.4) is 0 Å². The fraction of sp³-hybridized carbons (Fsp3) is 0.500. The van der Waals surface area contributed by atoms with Crippen molar-refractivity contribution < 1.29 is 0 Å². The zero-order valence-electron chi connectivity index (χ0n) is 10.4. The summed E-state index contributed by atoms with van der Waals surface area (Å²) in [5.41, 5.74) is 1.07.